The molecule has 24 heavy (non-hydrogen) atoms. The standard InChI is InChI=1S/C17H11F2N5/c18-12-3-1-2-8(15(12)19)14-9-4-5-13-11(7-22-24-13)16(9)23-17(21)10(14)6-20/h1-3,7H,4-5H2,(H2,21,23)(H,22,24). The highest BCUT2D eigenvalue weighted by atomic mass is 19.2. The van der Waals surface area contributed by atoms with Gasteiger partial charge < -0.3 is 5.73 Å². The molecule has 2 aromatic heterocycles. The highest BCUT2D eigenvalue weighted by molar-refractivity contribution is 5.86. The van der Waals surface area contributed by atoms with Gasteiger partial charge in [-0.3, -0.25) is 5.10 Å². The van der Waals surface area contributed by atoms with E-state index in [1.165, 1.54) is 12.1 Å². The van der Waals surface area contributed by atoms with Crippen LogP contribution >= 0.6 is 0 Å². The van der Waals surface area contributed by atoms with E-state index in [1.54, 1.807) is 6.20 Å². The number of nitrogens with zero attached hydrogens (tertiary/aromatic N) is 3. The number of hydrogen-bond acceptors (Lipinski definition) is 4. The second kappa shape index (κ2) is 5.13. The van der Waals surface area contributed by atoms with Crippen molar-refractivity contribution in [1.82, 2.24) is 15.2 Å². The van der Waals surface area contributed by atoms with E-state index in [2.05, 4.69) is 15.2 Å². The third-order valence-corrected chi connectivity index (χ3v) is 4.26. The van der Waals surface area contributed by atoms with Gasteiger partial charge >= 0.3 is 0 Å². The Kier molecular flexibility index (Phi) is 3.06. The van der Waals surface area contributed by atoms with Gasteiger partial charge in [-0.15, -0.1) is 0 Å². The van der Waals surface area contributed by atoms with Crippen molar-refractivity contribution in [2.75, 3.05) is 5.73 Å². The van der Waals surface area contributed by atoms with Crippen LogP contribution in [0.5, 0.6) is 0 Å². The molecule has 0 saturated carbocycles. The Hall–Kier alpha value is -3.27. The summed E-state index contributed by atoms with van der Waals surface area (Å²) < 4.78 is 28.1. The van der Waals surface area contributed by atoms with E-state index >= 15 is 0 Å². The smallest absolute Gasteiger partial charge is 0.166 e. The molecule has 3 aromatic rings. The van der Waals surface area contributed by atoms with Crippen molar-refractivity contribution in [3.05, 3.63) is 52.9 Å². The van der Waals surface area contributed by atoms with Crippen molar-refractivity contribution >= 4 is 5.82 Å². The van der Waals surface area contributed by atoms with Crippen LogP contribution in [0.3, 0.4) is 0 Å². The lowest BCUT2D eigenvalue weighted by atomic mass is 9.85. The van der Waals surface area contributed by atoms with Crippen LogP contribution < -0.4 is 5.73 Å². The summed E-state index contributed by atoms with van der Waals surface area (Å²) in [5, 5.41) is 16.4. The number of rotatable bonds is 1. The fourth-order valence-electron chi connectivity index (χ4n) is 3.17. The number of hydrogen-bond donors (Lipinski definition) is 2. The molecule has 5 nitrogen and oxygen atoms in total. The van der Waals surface area contributed by atoms with Crippen molar-refractivity contribution in [2.24, 2.45) is 0 Å². The van der Waals surface area contributed by atoms with Crippen molar-refractivity contribution in [3.8, 4) is 28.5 Å². The zero-order chi connectivity index (χ0) is 16.8. The number of nitrogens with two attached hydrogens (primary N) is 1. The summed E-state index contributed by atoms with van der Waals surface area (Å²) >= 11 is 0. The van der Waals surface area contributed by atoms with Crippen molar-refractivity contribution in [1.29, 1.82) is 5.26 Å². The molecule has 2 heterocycles. The molecular formula is C17H11F2N5. The fourth-order valence-corrected chi connectivity index (χ4v) is 3.17. The number of nitrogen functional groups attached to an aromatic ring is 1. The highest BCUT2D eigenvalue weighted by Gasteiger charge is 2.28. The van der Waals surface area contributed by atoms with Crippen LogP contribution in [0.1, 0.15) is 16.8 Å². The average molecular weight is 323 g/mol. The van der Waals surface area contributed by atoms with E-state index in [0.29, 0.717) is 29.7 Å². The van der Waals surface area contributed by atoms with Gasteiger partial charge in [-0.1, -0.05) is 12.1 Å². The molecule has 0 saturated heterocycles. The zero-order valence-electron chi connectivity index (χ0n) is 12.4. The summed E-state index contributed by atoms with van der Waals surface area (Å²) in [7, 11) is 0. The maximum atomic E-state index is 14.4. The van der Waals surface area contributed by atoms with E-state index in [-0.39, 0.29) is 16.9 Å². The lowest BCUT2D eigenvalue weighted by molar-refractivity contribution is 0.511. The topological polar surface area (TPSA) is 91.4 Å². The first-order chi connectivity index (χ1) is 11.6. The maximum absolute atomic E-state index is 14.4. The largest absolute Gasteiger partial charge is 0.383 e. The molecule has 0 radical (unpaired) electrons. The van der Waals surface area contributed by atoms with Crippen LogP contribution in [0.2, 0.25) is 0 Å². The molecule has 1 aliphatic rings. The van der Waals surface area contributed by atoms with Crippen LogP contribution in [0.15, 0.2) is 24.4 Å². The molecule has 4 rings (SSSR count). The number of nitrogens with one attached hydrogen (secondary N) is 1. The Morgan fingerprint density at radius 3 is 2.83 bits per heavy atom. The predicted molar refractivity (Wildman–Crippen MR) is 83.7 cm³/mol. The van der Waals surface area contributed by atoms with Crippen LogP contribution in [0.4, 0.5) is 14.6 Å². The SMILES string of the molecule is N#Cc1c(N)nc2c(c1-c1cccc(F)c1F)CCc1[nH]ncc1-2. The summed E-state index contributed by atoms with van der Waals surface area (Å²) in [6.07, 6.45) is 2.79. The summed E-state index contributed by atoms with van der Waals surface area (Å²) in [6.45, 7) is 0. The number of aryl methyl sites for hydroxylation is 1. The molecule has 7 heteroatoms. The summed E-state index contributed by atoms with van der Waals surface area (Å²) in [5.41, 5.74) is 9.23. The number of aromatic amines is 1. The van der Waals surface area contributed by atoms with Gasteiger partial charge in [0.25, 0.3) is 0 Å². The molecule has 0 bridgehead atoms. The van der Waals surface area contributed by atoms with Crippen molar-refractivity contribution < 1.29 is 8.78 Å². The number of halogens is 2. The zero-order valence-corrected chi connectivity index (χ0v) is 12.4. The highest BCUT2D eigenvalue weighted by Crippen LogP contribution is 2.41. The minimum atomic E-state index is -1.00. The quantitative estimate of drug-likeness (QED) is 0.720. The second-order valence-corrected chi connectivity index (χ2v) is 5.55. The molecule has 0 amide bonds. The molecular weight excluding hydrogens is 312 g/mol. The number of benzene rings is 1. The van der Waals surface area contributed by atoms with E-state index in [1.807, 2.05) is 6.07 Å². The van der Waals surface area contributed by atoms with E-state index in [9.17, 15) is 14.0 Å². The Balaban J connectivity index is 2.11. The first-order valence-electron chi connectivity index (χ1n) is 7.31. The Morgan fingerprint density at radius 1 is 1.21 bits per heavy atom. The third kappa shape index (κ3) is 1.90. The molecule has 0 unspecified atom stereocenters. The molecule has 0 spiro atoms. The number of aromatic nitrogens is 3. The van der Waals surface area contributed by atoms with Gasteiger partial charge in [-0.25, -0.2) is 13.8 Å². The average Bonchev–Trinajstić information content (AvgIpc) is 3.05. The number of nitriles is 1. The molecule has 1 aliphatic carbocycles. The van der Waals surface area contributed by atoms with Gasteiger partial charge in [0.05, 0.1) is 11.9 Å². The van der Waals surface area contributed by atoms with E-state index in [4.69, 9.17) is 5.73 Å². The van der Waals surface area contributed by atoms with Crippen LogP contribution in [-0.4, -0.2) is 15.2 Å². The normalized spacial score (nSPS) is 12.4. The summed E-state index contributed by atoms with van der Waals surface area (Å²) in [5.74, 6) is -1.98. The van der Waals surface area contributed by atoms with Crippen LogP contribution in [-0.2, 0) is 12.8 Å². The Bertz CT molecular complexity index is 1020. The first-order valence-corrected chi connectivity index (χ1v) is 7.31. The third-order valence-electron chi connectivity index (χ3n) is 4.26. The van der Waals surface area contributed by atoms with Gasteiger partial charge in [0.2, 0.25) is 0 Å². The first kappa shape index (κ1) is 14.3. The van der Waals surface area contributed by atoms with Gasteiger partial charge in [0, 0.05) is 22.4 Å². The summed E-state index contributed by atoms with van der Waals surface area (Å²) in [4.78, 5) is 4.32. The molecule has 0 atom stereocenters. The van der Waals surface area contributed by atoms with E-state index < -0.39 is 11.6 Å². The molecule has 118 valence electrons. The van der Waals surface area contributed by atoms with Crippen LogP contribution in [0.25, 0.3) is 22.4 Å². The van der Waals surface area contributed by atoms with Gasteiger partial charge in [0.15, 0.2) is 11.6 Å². The van der Waals surface area contributed by atoms with Gasteiger partial charge in [0.1, 0.15) is 17.5 Å². The monoisotopic (exact) mass is 323 g/mol. The van der Waals surface area contributed by atoms with Gasteiger partial charge in [-0.2, -0.15) is 10.4 Å². The van der Waals surface area contributed by atoms with Crippen LogP contribution in [0, 0.1) is 23.0 Å². The number of anilines is 1. The van der Waals surface area contributed by atoms with Gasteiger partial charge in [-0.05, 0) is 24.5 Å². The maximum Gasteiger partial charge on any atom is 0.166 e. The number of pyridine rings is 1. The fraction of sp³-hybridized carbons (Fsp3) is 0.118. The molecule has 0 fully saturated rings. The molecule has 1 aromatic carbocycles. The Labute approximate surface area is 135 Å². The number of fused-ring (bicyclic) bond motifs is 3. The minimum Gasteiger partial charge on any atom is -0.383 e. The minimum absolute atomic E-state index is 0.0102. The molecule has 0 aliphatic heterocycles. The lowest BCUT2D eigenvalue weighted by Crippen LogP contribution is -2.11. The van der Waals surface area contributed by atoms with Crippen molar-refractivity contribution in [3.63, 3.8) is 0 Å². The molecule has 3 N–H and O–H groups in total. The van der Waals surface area contributed by atoms with E-state index in [0.717, 1.165) is 17.3 Å². The van der Waals surface area contributed by atoms with Crippen molar-refractivity contribution in [2.45, 2.75) is 12.8 Å². The summed E-state index contributed by atoms with van der Waals surface area (Å²) in [6, 6.07) is 5.87. The Morgan fingerprint density at radius 2 is 2.04 bits per heavy atom. The second-order valence-electron chi connectivity index (χ2n) is 5.55. The lowest BCUT2D eigenvalue weighted by Gasteiger charge is -2.21. The number of H-pyrrole nitrogens is 1. The predicted octanol–water partition coefficient (Wildman–Crippen LogP) is 2.97.